The van der Waals surface area contributed by atoms with Crippen LogP contribution in [0.3, 0.4) is 0 Å². The lowest BCUT2D eigenvalue weighted by Crippen LogP contribution is -2.48. The molecule has 7 nitrogen and oxygen atoms in total. The molecule has 0 aliphatic carbocycles. The zero-order valence-electron chi connectivity index (χ0n) is 22.4. The Hall–Kier alpha value is -3.11. The monoisotopic (exact) mass is 553 g/mol. The highest BCUT2D eigenvalue weighted by Gasteiger charge is 2.24. The highest BCUT2D eigenvalue weighted by Crippen LogP contribution is 2.20. The molecule has 2 amide bonds. The van der Waals surface area contributed by atoms with Crippen molar-refractivity contribution in [3.8, 4) is 0 Å². The topological polar surface area (TPSA) is 62.3 Å². The fourth-order valence-electron chi connectivity index (χ4n) is 4.35. The molecule has 208 valence electrons. The molecule has 1 aromatic heterocycles. The molecule has 1 aliphatic rings. The van der Waals surface area contributed by atoms with Crippen LogP contribution in [0.5, 0.6) is 0 Å². The van der Waals surface area contributed by atoms with E-state index in [1.807, 2.05) is 48.7 Å². The van der Waals surface area contributed by atoms with E-state index in [0.29, 0.717) is 46.0 Å². The minimum atomic E-state index is -0.318. The zero-order chi connectivity index (χ0) is 27.5. The predicted octanol–water partition coefficient (Wildman–Crippen LogP) is 4.10. The van der Waals surface area contributed by atoms with Crippen LogP contribution in [0.1, 0.15) is 21.6 Å². The second kappa shape index (κ2) is 14.9. The van der Waals surface area contributed by atoms with Crippen LogP contribution in [0.25, 0.3) is 0 Å². The summed E-state index contributed by atoms with van der Waals surface area (Å²) < 4.78 is 24.7. The Balaban J connectivity index is 1.44. The van der Waals surface area contributed by atoms with E-state index < -0.39 is 0 Å². The lowest BCUT2D eigenvalue weighted by molar-refractivity contribution is -0.144. The minimum absolute atomic E-state index is 0.0521. The van der Waals surface area contributed by atoms with Crippen LogP contribution in [0.4, 0.5) is 4.39 Å². The Labute approximate surface area is 233 Å². The highest BCUT2D eigenvalue weighted by atomic mass is 32.1. The molecule has 0 atom stereocenters. The maximum Gasteiger partial charge on any atom is 0.249 e. The van der Waals surface area contributed by atoms with Gasteiger partial charge < -0.3 is 19.3 Å². The predicted molar refractivity (Wildman–Crippen MR) is 150 cm³/mol. The molecular weight excluding hydrogens is 517 g/mol. The van der Waals surface area contributed by atoms with E-state index in [1.54, 1.807) is 33.3 Å². The van der Waals surface area contributed by atoms with Gasteiger partial charge >= 0.3 is 0 Å². The third kappa shape index (κ3) is 9.25. The molecule has 4 rings (SSSR count). The van der Waals surface area contributed by atoms with Gasteiger partial charge in [-0.25, -0.2) is 4.39 Å². The third-order valence-electron chi connectivity index (χ3n) is 6.75. The number of hydrogen-bond acceptors (Lipinski definition) is 6. The van der Waals surface area contributed by atoms with Crippen molar-refractivity contribution in [1.82, 2.24) is 14.7 Å². The normalized spacial score (nSPS) is 13.8. The standard InChI is InChI=1S/C30H36FN3O4S/c1-24-11-18-39-28(24)20-34(19-25-7-9-27(31)10-8-25)29(35)21-33(13-12-32-14-16-37-17-15-32)30(36)23-38-22-26-5-3-2-4-6-26/h2-11,18H,12-17,19-23H2,1H3. The Bertz CT molecular complexity index is 1180. The SMILES string of the molecule is Cc1ccsc1CN(Cc1ccc(F)cc1)C(=O)CN(CCN1CCOCC1)C(=O)COCc1ccccc1. The van der Waals surface area contributed by atoms with Crippen molar-refractivity contribution in [2.75, 3.05) is 52.5 Å². The molecular formula is C30H36FN3O4S. The first-order valence-electron chi connectivity index (χ1n) is 13.2. The summed E-state index contributed by atoms with van der Waals surface area (Å²) in [5, 5.41) is 2.01. The number of ether oxygens (including phenoxy) is 2. The second-order valence-electron chi connectivity index (χ2n) is 9.65. The molecule has 3 aromatic rings. The summed E-state index contributed by atoms with van der Waals surface area (Å²) in [5.41, 5.74) is 2.93. The quantitative estimate of drug-likeness (QED) is 0.319. The van der Waals surface area contributed by atoms with Crippen LogP contribution in [0.15, 0.2) is 66.0 Å². The third-order valence-corrected chi connectivity index (χ3v) is 7.76. The highest BCUT2D eigenvalue weighted by molar-refractivity contribution is 7.10. The van der Waals surface area contributed by atoms with E-state index in [2.05, 4.69) is 4.90 Å². The second-order valence-corrected chi connectivity index (χ2v) is 10.7. The van der Waals surface area contributed by atoms with Crippen molar-refractivity contribution in [2.24, 2.45) is 0 Å². The number of hydrogen-bond donors (Lipinski definition) is 0. The fraction of sp³-hybridized carbons (Fsp3) is 0.400. The average Bonchev–Trinajstić information content (AvgIpc) is 3.36. The molecule has 9 heteroatoms. The van der Waals surface area contributed by atoms with Gasteiger partial charge in [-0.3, -0.25) is 14.5 Å². The van der Waals surface area contributed by atoms with Crippen LogP contribution in [0.2, 0.25) is 0 Å². The largest absolute Gasteiger partial charge is 0.379 e. The first kappa shape index (κ1) is 28.9. The van der Waals surface area contributed by atoms with Crippen LogP contribution in [0, 0.1) is 12.7 Å². The molecule has 2 heterocycles. The van der Waals surface area contributed by atoms with E-state index in [1.165, 1.54) is 12.1 Å². The van der Waals surface area contributed by atoms with E-state index in [0.717, 1.165) is 34.7 Å². The van der Waals surface area contributed by atoms with Crippen molar-refractivity contribution in [3.63, 3.8) is 0 Å². The van der Waals surface area contributed by atoms with E-state index in [9.17, 15) is 14.0 Å². The van der Waals surface area contributed by atoms with Gasteiger partial charge in [-0.15, -0.1) is 11.3 Å². The van der Waals surface area contributed by atoms with Crippen molar-refractivity contribution in [1.29, 1.82) is 0 Å². The first-order valence-corrected chi connectivity index (χ1v) is 14.1. The van der Waals surface area contributed by atoms with Crippen LogP contribution in [-0.4, -0.2) is 79.1 Å². The first-order chi connectivity index (χ1) is 19.0. The summed E-state index contributed by atoms with van der Waals surface area (Å²) in [6, 6.07) is 17.9. The molecule has 39 heavy (non-hydrogen) atoms. The number of rotatable bonds is 13. The molecule has 0 bridgehead atoms. The van der Waals surface area contributed by atoms with Crippen LogP contribution in [-0.2, 0) is 38.8 Å². The Morgan fingerprint density at radius 3 is 2.38 bits per heavy atom. The molecule has 1 aliphatic heterocycles. The molecule has 0 N–H and O–H groups in total. The van der Waals surface area contributed by atoms with Gasteiger partial charge in [0.2, 0.25) is 11.8 Å². The number of carbonyl (C=O) groups excluding carboxylic acids is 2. The van der Waals surface area contributed by atoms with Gasteiger partial charge in [0.05, 0.1) is 32.9 Å². The number of carbonyl (C=O) groups is 2. The Morgan fingerprint density at radius 1 is 0.949 bits per heavy atom. The van der Waals surface area contributed by atoms with Gasteiger partial charge in [0.15, 0.2) is 0 Å². The summed E-state index contributed by atoms with van der Waals surface area (Å²) in [4.78, 5) is 33.6. The average molecular weight is 554 g/mol. The number of amides is 2. The van der Waals surface area contributed by atoms with Crippen LogP contribution >= 0.6 is 11.3 Å². The van der Waals surface area contributed by atoms with E-state index in [-0.39, 0.29) is 30.8 Å². The number of morpholine rings is 1. The summed E-state index contributed by atoms with van der Waals surface area (Å²) >= 11 is 1.60. The molecule has 0 spiro atoms. The van der Waals surface area contributed by atoms with E-state index >= 15 is 0 Å². The molecule has 2 aromatic carbocycles. The maximum absolute atomic E-state index is 13.7. The molecule has 1 saturated heterocycles. The molecule has 0 unspecified atom stereocenters. The summed E-state index contributed by atoms with van der Waals surface area (Å²) in [6.45, 7) is 6.95. The number of aryl methyl sites for hydroxylation is 1. The minimum Gasteiger partial charge on any atom is -0.379 e. The van der Waals surface area contributed by atoms with Crippen molar-refractivity contribution < 1.29 is 23.5 Å². The summed E-state index contributed by atoms with van der Waals surface area (Å²) in [5.74, 6) is -0.701. The molecule has 0 saturated carbocycles. The maximum atomic E-state index is 13.7. The molecule has 1 fully saturated rings. The Kier molecular flexibility index (Phi) is 11.0. The smallest absolute Gasteiger partial charge is 0.249 e. The van der Waals surface area contributed by atoms with Gasteiger partial charge in [-0.2, -0.15) is 0 Å². The van der Waals surface area contributed by atoms with Crippen molar-refractivity contribution in [2.45, 2.75) is 26.6 Å². The number of nitrogens with zero attached hydrogens (tertiary/aromatic N) is 3. The van der Waals surface area contributed by atoms with Gasteiger partial charge in [0.1, 0.15) is 12.4 Å². The summed E-state index contributed by atoms with van der Waals surface area (Å²) in [7, 11) is 0. The summed E-state index contributed by atoms with van der Waals surface area (Å²) in [6.07, 6.45) is 0. The lowest BCUT2D eigenvalue weighted by Gasteiger charge is -2.31. The van der Waals surface area contributed by atoms with Gasteiger partial charge in [0.25, 0.3) is 0 Å². The number of halogens is 1. The van der Waals surface area contributed by atoms with Gasteiger partial charge in [-0.05, 0) is 47.2 Å². The number of benzene rings is 2. The van der Waals surface area contributed by atoms with Crippen LogP contribution < -0.4 is 0 Å². The van der Waals surface area contributed by atoms with Crippen molar-refractivity contribution in [3.05, 3.63) is 93.4 Å². The van der Waals surface area contributed by atoms with Crippen molar-refractivity contribution >= 4 is 23.2 Å². The van der Waals surface area contributed by atoms with Gasteiger partial charge in [0, 0.05) is 37.6 Å². The zero-order valence-corrected chi connectivity index (χ0v) is 23.2. The lowest BCUT2D eigenvalue weighted by atomic mass is 10.2. The molecule has 0 radical (unpaired) electrons. The van der Waals surface area contributed by atoms with E-state index in [4.69, 9.17) is 9.47 Å². The number of thiophene rings is 1. The fourth-order valence-corrected chi connectivity index (χ4v) is 5.27. The van der Waals surface area contributed by atoms with Gasteiger partial charge in [-0.1, -0.05) is 42.5 Å². The Morgan fingerprint density at radius 2 is 1.69 bits per heavy atom.